The lowest BCUT2D eigenvalue weighted by molar-refractivity contribution is 0.152. The van der Waals surface area contributed by atoms with Crippen LogP contribution < -0.4 is 10.2 Å². The van der Waals surface area contributed by atoms with Gasteiger partial charge in [-0.3, -0.25) is 0 Å². The second-order valence-corrected chi connectivity index (χ2v) is 4.98. The summed E-state index contributed by atoms with van der Waals surface area (Å²) in [6.45, 7) is 4.05. The maximum atomic E-state index is 11.2. The Hall–Kier alpha value is -3.02. The van der Waals surface area contributed by atoms with E-state index in [0.717, 1.165) is 5.56 Å². The van der Waals surface area contributed by atoms with Crippen LogP contribution >= 0.6 is 0 Å². The van der Waals surface area contributed by atoms with Gasteiger partial charge in [0, 0.05) is 11.6 Å². The number of ether oxygens (including phenoxy) is 2. The fourth-order valence-corrected chi connectivity index (χ4v) is 2.00. The molecule has 126 valence electrons. The first-order valence-electron chi connectivity index (χ1n) is 7.57. The largest absolute Gasteiger partial charge is 0.507 e. The summed E-state index contributed by atoms with van der Waals surface area (Å²) in [6.07, 6.45) is -0.640. The van der Waals surface area contributed by atoms with E-state index >= 15 is 0 Å². The quantitative estimate of drug-likeness (QED) is 0.629. The summed E-state index contributed by atoms with van der Waals surface area (Å²) >= 11 is 0. The van der Waals surface area contributed by atoms with Crippen molar-refractivity contribution in [2.24, 2.45) is 5.10 Å². The molecule has 1 amide bonds. The Labute approximate surface area is 140 Å². The number of phenolic OH excluding ortho intramolecular Hbond substituents is 1. The van der Waals surface area contributed by atoms with Gasteiger partial charge in [-0.25, -0.2) is 10.2 Å². The van der Waals surface area contributed by atoms with Crippen molar-refractivity contribution >= 4 is 11.8 Å². The molecule has 0 aromatic heterocycles. The maximum absolute atomic E-state index is 11.2. The minimum Gasteiger partial charge on any atom is -0.507 e. The van der Waals surface area contributed by atoms with Crippen LogP contribution in [0.15, 0.2) is 53.6 Å². The number of carbonyl (C=O) groups excluding carboxylic acids is 1. The van der Waals surface area contributed by atoms with Crippen molar-refractivity contribution in [2.75, 3.05) is 6.61 Å². The number of nitrogens with zero attached hydrogens (tertiary/aromatic N) is 1. The third-order valence-corrected chi connectivity index (χ3v) is 3.20. The summed E-state index contributed by atoms with van der Waals surface area (Å²) in [5, 5.41) is 14.0. The van der Waals surface area contributed by atoms with Crippen LogP contribution in [0, 0.1) is 0 Å². The lowest BCUT2D eigenvalue weighted by Crippen LogP contribution is -2.20. The Bertz CT molecular complexity index is 714. The van der Waals surface area contributed by atoms with E-state index in [-0.39, 0.29) is 12.4 Å². The van der Waals surface area contributed by atoms with Crippen molar-refractivity contribution in [1.82, 2.24) is 5.43 Å². The van der Waals surface area contributed by atoms with Crippen LogP contribution in [-0.2, 0) is 11.3 Å². The Balaban J connectivity index is 2.01. The number of phenols is 1. The van der Waals surface area contributed by atoms with Gasteiger partial charge in [0.05, 0.1) is 12.3 Å². The molecule has 6 nitrogen and oxygen atoms in total. The van der Waals surface area contributed by atoms with Gasteiger partial charge in [-0.2, -0.15) is 5.10 Å². The molecule has 24 heavy (non-hydrogen) atoms. The predicted molar refractivity (Wildman–Crippen MR) is 91.2 cm³/mol. The summed E-state index contributed by atoms with van der Waals surface area (Å²) < 4.78 is 10.4. The molecule has 0 heterocycles. The molecule has 0 atom stereocenters. The molecular formula is C18H20N2O4. The highest BCUT2D eigenvalue weighted by molar-refractivity contribution is 6.01. The zero-order chi connectivity index (χ0) is 17.4. The van der Waals surface area contributed by atoms with Crippen molar-refractivity contribution in [3.05, 3.63) is 59.7 Å². The van der Waals surface area contributed by atoms with Crippen molar-refractivity contribution in [1.29, 1.82) is 0 Å². The van der Waals surface area contributed by atoms with E-state index in [4.69, 9.17) is 9.47 Å². The molecule has 6 heteroatoms. The summed E-state index contributed by atoms with van der Waals surface area (Å²) in [6, 6.07) is 14.7. The topological polar surface area (TPSA) is 80.2 Å². The average molecular weight is 328 g/mol. The zero-order valence-corrected chi connectivity index (χ0v) is 13.7. The highest BCUT2D eigenvalue weighted by Gasteiger charge is 2.08. The standard InChI is InChI=1S/C18H20N2O4/c1-3-23-18(22)20-19-13(2)16-10-9-15(11-17(16)21)24-12-14-7-5-4-6-8-14/h4-11,21H,3,12H2,1-2H3,(H,20,22)/b19-13-. The van der Waals surface area contributed by atoms with Gasteiger partial charge < -0.3 is 14.6 Å². The molecule has 0 saturated heterocycles. The van der Waals surface area contributed by atoms with Gasteiger partial charge in [0.2, 0.25) is 0 Å². The number of aromatic hydroxyl groups is 1. The number of carbonyl (C=O) groups is 1. The van der Waals surface area contributed by atoms with E-state index in [0.29, 0.717) is 23.6 Å². The minimum atomic E-state index is -0.640. The molecule has 0 aliphatic rings. The van der Waals surface area contributed by atoms with E-state index in [1.165, 1.54) is 6.07 Å². The van der Waals surface area contributed by atoms with Crippen LogP contribution in [-0.4, -0.2) is 23.5 Å². The molecule has 0 fully saturated rings. The highest BCUT2D eigenvalue weighted by Crippen LogP contribution is 2.24. The van der Waals surface area contributed by atoms with Crippen molar-refractivity contribution in [3.8, 4) is 11.5 Å². The maximum Gasteiger partial charge on any atom is 0.427 e. The van der Waals surface area contributed by atoms with Gasteiger partial charge in [-0.1, -0.05) is 30.3 Å². The van der Waals surface area contributed by atoms with E-state index in [1.807, 2.05) is 30.3 Å². The monoisotopic (exact) mass is 328 g/mol. The van der Waals surface area contributed by atoms with Crippen molar-refractivity contribution in [2.45, 2.75) is 20.5 Å². The first kappa shape index (κ1) is 17.3. The molecule has 2 N–H and O–H groups in total. The molecule has 0 spiro atoms. The Morgan fingerprint density at radius 2 is 1.96 bits per heavy atom. The molecule has 0 radical (unpaired) electrons. The molecule has 0 aliphatic heterocycles. The fourth-order valence-electron chi connectivity index (χ4n) is 2.00. The Kier molecular flexibility index (Phi) is 6.19. The lowest BCUT2D eigenvalue weighted by Gasteiger charge is -2.09. The normalized spacial score (nSPS) is 11.0. The fraction of sp³-hybridized carbons (Fsp3) is 0.222. The van der Waals surface area contributed by atoms with Gasteiger partial charge in [-0.05, 0) is 31.5 Å². The van der Waals surface area contributed by atoms with Gasteiger partial charge >= 0.3 is 6.09 Å². The highest BCUT2D eigenvalue weighted by atomic mass is 16.5. The Morgan fingerprint density at radius 1 is 1.21 bits per heavy atom. The molecule has 2 aromatic rings. The third-order valence-electron chi connectivity index (χ3n) is 3.20. The second-order valence-electron chi connectivity index (χ2n) is 4.98. The van der Waals surface area contributed by atoms with Crippen LogP contribution in [0.25, 0.3) is 0 Å². The Morgan fingerprint density at radius 3 is 2.62 bits per heavy atom. The number of hydrazone groups is 1. The van der Waals surface area contributed by atoms with E-state index in [9.17, 15) is 9.90 Å². The second kappa shape index (κ2) is 8.57. The zero-order valence-electron chi connectivity index (χ0n) is 13.7. The van der Waals surface area contributed by atoms with E-state index in [2.05, 4.69) is 10.5 Å². The number of rotatable bonds is 6. The summed E-state index contributed by atoms with van der Waals surface area (Å²) in [4.78, 5) is 11.2. The van der Waals surface area contributed by atoms with Crippen molar-refractivity contribution in [3.63, 3.8) is 0 Å². The first-order chi connectivity index (χ1) is 11.6. The summed E-state index contributed by atoms with van der Waals surface area (Å²) in [5.41, 5.74) is 4.25. The van der Waals surface area contributed by atoms with Crippen LogP contribution in [0.5, 0.6) is 11.5 Å². The van der Waals surface area contributed by atoms with E-state index in [1.54, 1.807) is 26.0 Å². The number of benzene rings is 2. The third kappa shape index (κ3) is 5.01. The number of nitrogens with one attached hydrogen (secondary N) is 1. The van der Waals surface area contributed by atoms with Gasteiger partial charge in [0.1, 0.15) is 18.1 Å². The molecule has 0 unspecified atom stereocenters. The van der Waals surface area contributed by atoms with Crippen LogP contribution in [0.2, 0.25) is 0 Å². The van der Waals surface area contributed by atoms with E-state index < -0.39 is 6.09 Å². The van der Waals surface area contributed by atoms with Gasteiger partial charge in [0.25, 0.3) is 0 Å². The smallest absolute Gasteiger partial charge is 0.427 e. The van der Waals surface area contributed by atoms with Crippen LogP contribution in [0.4, 0.5) is 4.79 Å². The molecule has 0 bridgehead atoms. The first-order valence-corrected chi connectivity index (χ1v) is 7.57. The number of amides is 1. The molecule has 2 aromatic carbocycles. The SMILES string of the molecule is CCOC(=O)N/N=C(/C)c1ccc(OCc2ccccc2)cc1O. The van der Waals surface area contributed by atoms with Crippen LogP contribution in [0.1, 0.15) is 25.0 Å². The molecule has 0 saturated carbocycles. The molecular weight excluding hydrogens is 308 g/mol. The number of hydrogen-bond acceptors (Lipinski definition) is 5. The molecule has 0 aliphatic carbocycles. The van der Waals surface area contributed by atoms with Gasteiger partial charge in [-0.15, -0.1) is 0 Å². The summed E-state index contributed by atoms with van der Waals surface area (Å²) in [5.74, 6) is 0.568. The summed E-state index contributed by atoms with van der Waals surface area (Å²) in [7, 11) is 0. The molecule has 2 rings (SSSR count). The average Bonchev–Trinajstić information content (AvgIpc) is 2.59. The predicted octanol–water partition coefficient (Wildman–Crippen LogP) is 3.44. The van der Waals surface area contributed by atoms with Gasteiger partial charge in [0.15, 0.2) is 0 Å². The lowest BCUT2D eigenvalue weighted by atomic mass is 10.1. The minimum absolute atomic E-state index is 0.0208. The van der Waals surface area contributed by atoms with Crippen LogP contribution in [0.3, 0.4) is 0 Å². The van der Waals surface area contributed by atoms with Crippen molar-refractivity contribution < 1.29 is 19.4 Å². The number of hydrogen-bond donors (Lipinski definition) is 2.